The largest absolute Gasteiger partial charge is 0.456 e. The van der Waals surface area contributed by atoms with Crippen LogP contribution < -0.4 is 0 Å². The van der Waals surface area contributed by atoms with E-state index in [0.29, 0.717) is 49.7 Å². The van der Waals surface area contributed by atoms with Crippen molar-refractivity contribution in [2.24, 2.45) is 29.6 Å². The Kier molecular flexibility index (Phi) is 17.0. The van der Waals surface area contributed by atoms with Crippen LogP contribution in [0.25, 0.3) is 0 Å². The maximum Gasteiger partial charge on any atom is 0.329 e. The van der Waals surface area contributed by atoms with Crippen molar-refractivity contribution in [1.29, 1.82) is 0 Å². The van der Waals surface area contributed by atoms with Crippen molar-refractivity contribution < 1.29 is 63.3 Å². The molecule has 15 atom stereocenters. The lowest BCUT2D eigenvalue weighted by molar-refractivity contribution is -0.302. The molecule has 2 saturated heterocycles. The van der Waals surface area contributed by atoms with Gasteiger partial charge in [0.05, 0.1) is 36.6 Å². The number of fused-ring (bicyclic) bond motifs is 3. The van der Waals surface area contributed by atoms with E-state index in [2.05, 4.69) is 0 Å². The maximum atomic E-state index is 14.3. The molecule has 4 aliphatic rings. The van der Waals surface area contributed by atoms with Crippen molar-refractivity contribution in [1.82, 2.24) is 4.90 Å². The number of ether oxygens (including phenoxy) is 5. The van der Waals surface area contributed by atoms with E-state index in [1.165, 1.54) is 14.2 Å². The number of aliphatic hydroxyl groups excluding tert-OH is 3. The van der Waals surface area contributed by atoms with Crippen LogP contribution in [0.15, 0.2) is 23.3 Å². The van der Waals surface area contributed by atoms with Gasteiger partial charge in [-0.3, -0.25) is 14.4 Å². The molecule has 1 aliphatic carbocycles. The Balaban J connectivity index is 1.79. The van der Waals surface area contributed by atoms with E-state index in [1.807, 2.05) is 19.9 Å². The first-order valence-corrected chi connectivity index (χ1v) is 20.9. The normalized spacial score (nSPS) is 42.4. The van der Waals surface area contributed by atoms with Gasteiger partial charge in [0.25, 0.3) is 11.7 Å². The van der Waals surface area contributed by atoms with E-state index in [0.717, 1.165) is 4.90 Å². The quantitative estimate of drug-likeness (QED) is 0.173. The summed E-state index contributed by atoms with van der Waals surface area (Å²) in [6, 6.07) is -1.16. The molecule has 0 aromatic heterocycles. The molecule has 0 aromatic rings. The molecule has 3 fully saturated rings. The molecule has 0 aromatic carbocycles. The second kappa shape index (κ2) is 20.6. The number of allylic oxidation sites excluding steroid dienone is 2. The maximum absolute atomic E-state index is 14.3. The predicted molar refractivity (Wildman–Crippen MR) is 209 cm³/mol. The summed E-state index contributed by atoms with van der Waals surface area (Å²) in [6.07, 6.45) is 0.618. The lowest BCUT2D eigenvalue weighted by Gasteiger charge is -2.47. The van der Waals surface area contributed by atoms with Gasteiger partial charge < -0.3 is 49.0 Å². The summed E-state index contributed by atoms with van der Waals surface area (Å²) in [5.74, 6) is -8.59. The van der Waals surface area contributed by atoms with Gasteiger partial charge in [-0.05, 0) is 94.6 Å². The number of rotatable bonds is 6. The fourth-order valence-corrected chi connectivity index (χ4v) is 9.31. The predicted octanol–water partition coefficient (Wildman–Crippen LogP) is 3.44. The topological polar surface area (TPSA) is 199 Å². The van der Waals surface area contributed by atoms with E-state index >= 15 is 0 Å². The number of cyclic esters (lactones) is 1. The first-order chi connectivity index (χ1) is 26.9. The number of esters is 1. The highest BCUT2D eigenvalue weighted by atomic mass is 16.7. The second-order valence-electron chi connectivity index (χ2n) is 17.2. The number of Topliss-reactive ketones (excluding diaryl/α,β-unsaturated/α-hetero) is 2. The molecule has 14 heteroatoms. The van der Waals surface area contributed by atoms with E-state index in [9.17, 15) is 39.6 Å². The molecule has 3 heterocycles. The molecule has 1 amide bonds. The molecule has 0 radical (unpaired) electrons. The van der Waals surface area contributed by atoms with Gasteiger partial charge in [0.1, 0.15) is 24.0 Å². The summed E-state index contributed by atoms with van der Waals surface area (Å²) < 4.78 is 29.6. The SMILES string of the molecule is CC[C@@H]1/C=C(/C)[C@H](O)[C@H](C)C[C@H](OC)[C@H]2O[C@@](O)(C(=O)C(=O)N3CCCC[C@H]3C(=O)O[C@H](/C(C)=C/[C@@H]3CC[C@@H](O)[C@H](OC)C3)[C@@H](C)[C@H](O)CC1=O)[C@H](C)C[C@@H]2OC. The lowest BCUT2D eigenvalue weighted by atomic mass is 9.81. The zero-order valence-corrected chi connectivity index (χ0v) is 35.4. The Hall–Kier alpha value is -2.56. The van der Waals surface area contributed by atoms with Crippen LogP contribution in [0.4, 0.5) is 0 Å². The fourth-order valence-electron chi connectivity index (χ4n) is 9.31. The van der Waals surface area contributed by atoms with Crippen molar-refractivity contribution in [2.45, 2.75) is 166 Å². The van der Waals surface area contributed by atoms with Crippen LogP contribution in [0, 0.1) is 29.6 Å². The number of methoxy groups -OCH3 is 3. The average Bonchev–Trinajstić information content (AvgIpc) is 3.20. The van der Waals surface area contributed by atoms with Crippen LogP contribution in [-0.4, -0.2) is 137 Å². The van der Waals surface area contributed by atoms with Gasteiger partial charge in [-0.1, -0.05) is 39.8 Å². The fraction of sp³-hybridized carbons (Fsp3) is 0.814. The van der Waals surface area contributed by atoms with Crippen LogP contribution in [-0.2, 0) is 42.9 Å². The molecule has 1 saturated carbocycles. The van der Waals surface area contributed by atoms with Crippen LogP contribution in [0.3, 0.4) is 0 Å². The van der Waals surface area contributed by atoms with Crippen LogP contribution in [0.5, 0.6) is 0 Å². The molecule has 3 aliphatic heterocycles. The first-order valence-electron chi connectivity index (χ1n) is 20.9. The molecule has 2 bridgehead atoms. The smallest absolute Gasteiger partial charge is 0.329 e. The highest BCUT2D eigenvalue weighted by molar-refractivity contribution is 6.39. The van der Waals surface area contributed by atoms with Crippen LogP contribution in [0.1, 0.15) is 106 Å². The number of hydrogen-bond donors (Lipinski definition) is 4. The number of hydrogen-bond acceptors (Lipinski definition) is 13. The summed E-state index contributed by atoms with van der Waals surface area (Å²) in [7, 11) is 4.49. The number of ketones is 2. The minimum atomic E-state index is -2.57. The lowest BCUT2D eigenvalue weighted by Crippen LogP contribution is -2.64. The van der Waals surface area contributed by atoms with Gasteiger partial charge >= 0.3 is 5.97 Å². The minimum absolute atomic E-state index is 0.0255. The monoisotopic (exact) mass is 807 g/mol. The van der Waals surface area contributed by atoms with E-state index in [-0.39, 0.29) is 50.0 Å². The van der Waals surface area contributed by atoms with Crippen molar-refractivity contribution in [3.05, 3.63) is 23.3 Å². The summed E-state index contributed by atoms with van der Waals surface area (Å²) in [5.41, 5.74) is 1.19. The summed E-state index contributed by atoms with van der Waals surface area (Å²) in [4.78, 5) is 57.7. The molecular formula is C43H69NO13. The zero-order chi connectivity index (χ0) is 42.4. The van der Waals surface area contributed by atoms with Crippen LogP contribution >= 0.6 is 0 Å². The van der Waals surface area contributed by atoms with Crippen molar-refractivity contribution >= 4 is 23.4 Å². The summed E-state index contributed by atoms with van der Waals surface area (Å²) in [6.45, 7) is 10.6. The average molecular weight is 808 g/mol. The Morgan fingerprint density at radius 1 is 0.912 bits per heavy atom. The number of carbonyl (C=O) groups is 4. The Bertz CT molecular complexity index is 1470. The van der Waals surface area contributed by atoms with E-state index in [4.69, 9.17) is 23.7 Å². The standard InChI is InChI=1S/C43H69NO13/c1-10-29-18-23(2)37(48)24(3)19-35(54-8)39-36(55-9)20-26(5)43(52,57-39)40(49)41(50)44-16-12-11-13-30(44)42(51)56-38(27(6)32(46)22-33(29)47)25(4)17-28-14-15-31(45)34(21-28)53-7/h17-18,24,26-32,34-39,45-46,48,52H,10-16,19-22H2,1-9H3/b23-18-,25-17+/t24-,26-,27+,28+,29-,30+,31-,32-,34-,35+,36+,37+,38-,39-,43-/m1/s1. The Labute approximate surface area is 338 Å². The van der Waals surface area contributed by atoms with E-state index in [1.54, 1.807) is 40.9 Å². The highest BCUT2D eigenvalue weighted by Crippen LogP contribution is 2.39. The first kappa shape index (κ1) is 47.1. The van der Waals surface area contributed by atoms with Gasteiger partial charge in [0.15, 0.2) is 0 Å². The van der Waals surface area contributed by atoms with E-state index < -0.39 is 95.9 Å². The second-order valence-corrected chi connectivity index (χ2v) is 17.2. The van der Waals surface area contributed by atoms with Gasteiger partial charge in [0.2, 0.25) is 5.79 Å². The number of aliphatic hydroxyl groups is 4. The molecule has 4 N–H and O–H groups in total. The molecular weight excluding hydrogens is 738 g/mol. The molecule has 57 heavy (non-hydrogen) atoms. The number of nitrogens with zero attached hydrogens (tertiary/aromatic N) is 1. The third kappa shape index (κ3) is 10.8. The third-order valence-electron chi connectivity index (χ3n) is 13.2. The van der Waals surface area contributed by atoms with Crippen molar-refractivity contribution in [2.75, 3.05) is 27.9 Å². The summed E-state index contributed by atoms with van der Waals surface area (Å²) >= 11 is 0. The molecule has 14 nitrogen and oxygen atoms in total. The molecule has 0 spiro atoms. The zero-order valence-electron chi connectivity index (χ0n) is 35.4. The number of amides is 1. The Morgan fingerprint density at radius 2 is 1.56 bits per heavy atom. The third-order valence-corrected chi connectivity index (χ3v) is 13.2. The minimum Gasteiger partial charge on any atom is -0.456 e. The van der Waals surface area contributed by atoms with Crippen molar-refractivity contribution in [3.8, 4) is 0 Å². The Morgan fingerprint density at radius 3 is 2.19 bits per heavy atom. The van der Waals surface area contributed by atoms with Crippen LogP contribution in [0.2, 0.25) is 0 Å². The van der Waals surface area contributed by atoms with Gasteiger partial charge in [-0.25, -0.2) is 4.79 Å². The molecule has 4 rings (SSSR count). The molecule has 324 valence electrons. The van der Waals surface area contributed by atoms with Gasteiger partial charge in [-0.15, -0.1) is 0 Å². The van der Waals surface area contributed by atoms with Gasteiger partial charge in [0, 0.05) is 52.0 Å². The number of piperidine rings is 1. The van der Waals surface area contributed by atoms with Gasteiger partial charge in [-0.2, -0.15) is 0 Å². The number of carbonyl (C=O) groups excluding carboxylic acids is 4. The highest BCUT2D eigenvalue weighted by Gasteiger charge is 2.56. The molecule has 0 unspecified atom stereocenters. The summed E-state index contributed by atoms with van der Waals surface area (Å²) in [5, 5.41) is 45.6. The van der Waals surface area contributed by atoms with Crippen molar-refractivity contribution in [3.63, 3.8) is 0 Å².